The quantitative estimate of drug-likeness (QED) is 0.555. The van der Waals surface area contributed by atoms with Gasteiger partial charge in [0.2, 0.25) is 0 Å². The molecule has 2 amide bonds. The predicted molar refractivity (Wildman–Crippen MR) is 59.6 cm³/mol. The fourth-order valence-electron chi connectivity index (χ4n) is 1.42. The Morgan fingerprint density at radius 1 is 1.00 bits per heavy atom. The summed E-state index contributed by atoms with van der Waals surface area (Å²) >= 11 is 11.2. The minimum Gasteiger partial charge on any atom is -0.273 e. The van der Waals surface area contributed by atoms with E-state index in [4.69, 9.17) is 23.2 Å². The molecule has 1 rings (SSSR count). The Labute approximate surface area is 99.0 Å². The number of carbonyl (C=O) groups is 2. The zero-order chi connectivity index (χ0) is 11.4. The highest BCUT2D eigenvalue weighted by atomic mass is 35.5. The Kier molecular flexibility index (Phi) is 4.61. The van der Waals surface area contributed by atoms with Gasteiger partial charge in [0.1, 0.15) is 10.1 Å². The van der Waals surface area contributed by atoms with Crippen molar-refractivity contribution in [3.8, 4) is 0 Å². The van der Waals surface area contributed by atoms with Gasteiger partial charge in [-0.2, -0.15) is 0 Å². The van der Waals surface area contributed by atoms with Gasteiger partial charge in [0.05, 0.1) is 0 Å². The van der Waals surface area contributed by atoms with Crippen LogP contribution in [0.4, 0.5) is 0 Å². The van der Waals surface area contributed by atoms with Crippen LogP contribution in [0.15, 0.2) is 10.1 Å². The molecular formula is C10H13Cl2NO2. The number of carbonyl (C=O) groups excluding carboxylic acids is 2. The summed E-state index contributed by atoms with van der Waals surface area (Å²) in [7, 11) is 0. The Morgan fingerprint density at radius 3 is 2.00 bits per heavy atom. The van der Waals surface area contributed by atoms with Crippen LogP contribution in [0.2, 0.25) is 0 Å². The molecule has 1 heterocycles. The maximum absolute atomic E-state index is 11.4. The average Bonchev–Trinajstić information content (AvgIpc) is 2.41. The second-order valence-electron chi connectivity index (χ2n) is 3.45. The Balaban J connectivity index is 2.46. The fourth-order valence-corrected chi connectivity index (χ4v) is 1.78. The monoisotopic (exact) mass is 249 g/mol. The highest BCUT2D eigenvalue weighted by Crippen LogP contribution is 2.26. The smallest absolute Gasteiger partial charge is 0.273 e. The van der Waals surface area contributed by atoms with E-state index in [1.165, 1.54) is 0 Å². The fraction of sp³-hybridized carbons (Fsp3) is 0.600. The van der Waals surface area contributed by atoms with Crippen molar-refractivity contribution in [2.75, 3.05) is 6.54 Å². The van der Waals surface area contributed by atoms with Crippen LogP contribution >= 0.6 is 23.2 Å². The first-order chi connectivity index (χ1) is 7.09. The molecule has 0 aromatic heterocycles. The molecule has 1 aliphatic rings. The van der Waals surface area contributed by atoms with Crippen molar-refractivity contribution in [1.82, 2.24) is 4.90 Å². The van der Waals surface area contributed by atoms with Crippen molar-refractivity contribution in [3.63, 3.8) is 0 Å². The molecule has 0 N–H and O–H groups in total. The molecular weight excluding hydrogens is 237 g/mol. The standard InChI is InChI=1S/C10H13Cl2NO2/c1-2-3-4-5-6-13-9(14)7(11)8(12)10(13)15/h2-6H2,1H3. The molecule has 0 unspecified atom stereocenters. The van der Waals surface area contributed by atoms with Gasteiger partial charge in [-0.3, -0.25) is 14.5 Å². The first-order valence-corrected chi connectivity index (χ1v) is 5.76. The molecule has 0 aromatic rings. The van der Waals surface area contributed by atoms with Crippen LogP contribution in [0.25, 0.3) is 0 Å². The van der Waals surface area contributed by atoms with E-state index in [0.29, 0.717) is 6.54 Å². The van der Waals surface area contributed by atoms with Crippen LogP contribution in [0, 0.1) is 0 Å². The molecule has 0 saturated heterocycles. The van der Waals surface area contributed by atoms with Gasteiger partial charge in [-0.15, -0.1) is 0 Å². The highest BCUT2D eigenvalue weighted by molar-refractivity contribution is 6.58. The minimum atomic E-state index is -0.469. The van der Waals surface area contributed by atoms with Crippen molar-refractivity contribution in [2.45, 2.75) is 32.6 Å². The van der Waals surface area contributed by atoms with Gasteiger partial charge in [0.15, 0.2) is 0 Å². The van der Waals surface area contributed by atoms with Gasteiger partial charge in [0, 0.05) is 6.54 Å². The lowest BCUT2D eigenvalue weighted by atomic mass is 10.2. The minimum absolute atomic E-state index is 0.155. The third kappa shape index (κ3) is 2.73. The molecule has 0 radical (unpaired) electrons. The van der Waals surface area contributed by atoms with E-state index in [2.05, 4.69) is 6.92 Å². The van der Waals surface area contributed by atoms with Crippen LogP contribution in [-0.4, -0.2) is 23.3 Å². The summed E-state index contributed by atoms with van der Waals surface area (Å²) in [6.45, 7) is 2.51. The number of amides is 2. The molecule has 0 saturated carbocycles. The summed E-state index contributed by atoms with van der Waals surface area (Å²) in [4.78, 5) is 24.0. The summed E-state index contributed by atoms with van der Waals surface area (Å²) in [6.07, 6.45) is 4.02. The maximum atomic E-state index is 11.4. The van der Waals surface area contributed by atoms with Crippen molar-refractivity contribution in [2.24, 2.45) is 0 Å². The molecule has 3 nitrogen and oxygen atoms in total. The topological polar surface area (TPSA) is 37.4 Å². The summed E-state index contributed by atoms with van der Waals surface area (Å²) < 4.78 is 0. The molecule has 0 bridgehead atoms. The van der Waals surface area contributed by atoms with E-state index in [9.17, 15) is 9.59 Å². The van der Waals surface area contributed by atoms with Crippen molar-refractivity contribution in [3.05, 3.63) is 10.1 Å². The van der Waals surface area contributed by atoms with Crippen LogP contribution in [0.5, 0.6) is 0 Å². The molecule has 0 fully saturated rings. The van der Waals surface area contributed by atoms with Crippen LogP contribution in [0.1, 0.15) is 32.6 Å². The Bertz CT molecular complexity index is 289. The Hall–Kier alpha value is -0.540. The zero-order valence-electron chi connectivity index (χ0n) is 8.56. The lowest BCUT2D eigenvalue weighted by molar-refractivity contribution is -0.137. The average molecular weight is 250 g/mol. The maximum Gasteiger partial charge on any atom is 0.274 e. The van der Waals surface area contributed by atoms with Crippen molar-refractivity contribution >= 4 is 35.0 Å². The van der Waals surface area contributed by atoms with E-state index in [1.807, 2.05) is 0 Å². The number of hydrogen-bond donors (Lipinski definition) is 0. The summed E-state index contributed by atoms with van der Waals surface area (Å²) in [5.74, 6) is -0.939. The molecule has 0 spiro atoms. The van der Waals surface area contributed by atoms with Gasteiger partial charge >= 0.3 is 0 Å². The molecule has 5 heteroatoms. The zero-order valence-corrected chi connectivity index (χ0v) is 10.1. The molecule has 1 aliphatic heterocycles. The van der Waals surface area contributed by atoms with E-state index in [0.717, 1.165) is 30.6 Å². The molecule has 0 atom stereocenters. The van der Waals surface area contributed by atoms with E-state index >= 15 is 0 Å². The number of nitrogens with zero attached hydrogens (tertiary/aromatic N) is 1. The van der Waals surface area contributed by atoms with E-state index in [-0.39, 0.29) is 10.1 Å². The van der Waals surface area contributed by atoms with Gasteiger partial charge in [0.25, 0.3) is 11.8 Å². The van der Waals surface area contributed by atoms with Gasteiger partial charge in [-0.25, -0.2) is 0 Å². The van der Waals surface area contributed by atoms with E-state index < -0.39 is 11.8 Å². The molecule has 0 aliphatic carbocycles. The van der Waals surface area contributed by atoms with Crippen LogP contribution in [-0.2, 0) is 9.59 Å². The predicted octanol–water partition coefficient (Wildman–Crippen LogP) is 2.62. The lowest BCUT2D eigenvalue weighted by Gasteiger charge is -2.13. The summed E-state index contributed by atoms with van der Waals surface area (Å²) in [5.41, 5.74) is 0. The summed E-state index contributed by atoms with van der Waals surface area (Å²) in [6, 6.07) is 0. The van der Waals surface area contributed by atoms with Gasteiger partial charge in [-0.1, -0.05) is 49.4 Å². The highest BCUT2D eigenvalue weighted by Gasteiger charge is 2.35. The molecule has 15 heavy (non-hydrogen) atoms. The number of hydrogen-bond acceptors (Lipinski definition) is 2. The first kappa shape index (κ1) is 12.5. The molecule has 0 aromatic carbocycles. The SMILES string of the molecule is CCCCCCN1C(=O)C(Cl)=C(Cl)C1=O. The van der Waals surface area contributed by atoms with Crippen LogP contribution < -0.4 is 0 Å². The number of unbranched alkanes of at least 4 members (excludes halogenated alkanes) is 3. The second kappa shape index (κ2) is 5.52. The normalized spacial score (nSPS) is 16.9. The van der Waals surface area contributed by atoms with Gasteiger partial charge in [-0.05, 0) is 6.42 Å². The molecule has 84 valence electrons. The first-order valence-electron chi connectivity index (χ1n) is 5.01. The second-order valence-corrected chi connectivity index (χ2v) is 4.21. The van der Waals surface area contributed by atoms with Crippen molar-refractivity contribution in [1.29, 1.82) is 0 Å². The van der Waals surface area contributed by atoms with Crippen molar-refractivity contribution < 1.29 is 9.59 Å². The Morgan fingerprint density at radius 2 is 1.53 bits per heavy atom. The number of imide groups is 1. The van der Waals surface area contributed by atoms with Gasteiger partial charge < -0.3 is 0 Å². The van der Waals surface area contributed by atoms with Crippen LogP contribution in [0.3, 0.4) is 0 Å². The lowest BCUT2D eigenvalue weighted by Crippen LogP contribution is -2.32. The number of rotatable bonds is 5. The third-order valence-corrected chi connectivity index (χ3v) is 3.09. The summed E-state index contributed by atoms with van der Waals surface area (Å²) in [5, 5.41) is -0.311. The number of halogens is 2. The third-order valence-electron chi connectivity index (χ3n) is 2.29. The largest absolute Gasteiger partial charge is 0.274 e. The van der Waals surface area contributed by atoms with E-state index in [1.54, 1.807) is 0 Å².